The summed E-state index contributed by atoms with van der Waals surface area (Å²) < 4.78 is 11.3. The Kier molecular flexibility index (Phi) is 5.59. The maximum atomic E-state index is 5.82. The lowest BCUT2D eigenvalue weighted by atomic mass is 10.1. The molecule has 0 aliphatic heterocycles. The van der Waals surface area contributed by atoms with Crippen LogP contribution in [0.25, 0.3) is 0 Å². The number of benzene rings is 1. The second-order valence-electron chi connectivity index (χ2n) is 4.84. The first kappa shape index (κ1) is 15.8. The summed E-state index contributed by atoms with van der Waals surface area (Å²) in [7, 11) is 1.66. The van der Waals surface area contributed by atoms with Crippen molar-refractivity contribution < 1.29 is 9.47 Å². The van der Waals surface area contributed by atoms with Gasteiger partial charge in [-0.25, -0.2) is 4.98 Å². The topological polar surface area (TPSA) is 43.4 Å². The van der Waals surface area contributed by atoms with E-state index in [1.54, 1.807) is 18.4 Å². The Labute approximate surface area is 130 Å². The van der Waals surface area contributed by atoms with E-state index in [0.29, 0.717) is 12.6 Å². The van der Waals surface area contributed by atoms with E-state index in [-0.39, 0.29) is 0 Å². The van der Waals surface area contributed by atoms with Crippen molar-refractivity contribution >= 4 is 11.3 Å². The van der Waals surface area contributed by atoms with Crippen molar-refractivity contribution in [2.75, 3.05) is 13.7 Å². The van der Waals surface area contributed by atoms with Crippen LogP contribution in [0.1, 0.15) is 36.2 Å². The molecule has 0 saturated heterocycles. The third kappa shape index (κ3) is 4.19. The van der Waals surface area contributed by atoms with E-state index >= 15 is 0 Å². The van der Waals surface area contributed by atoms with Gasteiger partial charge in [0.25, 0.3) is 0 Å². The maximum Gasteiger partial charge on any atom is 0.161 e. The van der Waals surface area contributed by atoms with Gasteiger partial charge in [-0.05, 0) is 38.1 Å². The lowest BCUT2D eigenvalue weighted by Gasteiger charge is -2.16. The molecule has 1 atom stereocenters. The number of ether oxygens (including phenoxy) is 2. The van der Waals surface area contributed by atoms with Crippen LogP contribution in [-0.4, -0.2) is 18.6 Å². The highest BCUT2D eigenvalue weighted by molar-refractivity contribution is 7.09. The normalized spacial score (nSPS) is 12.2. The molecule has 4 nitrogen and oxygen atoms in total. The molecule has 0 saturated carbocycles. The number of hydrogen-bond acceptors (Lipinski definition) is 5. The average molecular weight is 306 g/mol. The van der Waals surface area contributed by atoms with Gasteiger partial charge in [0.05, 0.1) is 17.8 Å². The predicted molar refractivity (Wildman–Crippen MR) is 86.3 cm³/mol. The van der Waals surface area contributed by atoms with Crippen molar-refractivity contribution in [2.45, 2.75) is 33.4 Å². The summed E-state index contributed by atoms with van der Waals surface area (Å²) in [5, 5.41) is 6.46. The first-order valence-corrected chi connectivity index (χ1v) is 7.97. The minimum atomic E-state index is 0.291. The van der Waals surface area contributed by atoms with Crippen LogP contribution in [0.4, 0.5) is 0 Å². The monoisotopic (exact) mass is 306 g/mol. The van der Waals surface area contributed by atoms with Gasteiger partial charge in [-0.2, -0.15) is 0 Å². The number of methoxy groups -OCH3 is 1. The van der Waals surface area contributed by atoms with E-state index in [1.807, 2.05) is 24.4 Å². The van der Waals surface area contributed by atoms with Crippen LogP contribution in [0.5, 0.6) is 11.5 Å². The van der Waals surface area contributed by atoms with Gasteiger partial charge in [0, 0.05) is 11.4 Å². The molecule has 1 unspecified atom stereocenters. The third-order valence-corrected chi connectivity index (χ3v) is 4.06. The van der Waals surface area contributed by atoms with Crippen molar-refractivity contribution in [1.82, 2.24) is 10.3 Å². The molecule has 0 fully saturated rings. The van der Waals surface area contributed by atoms with Crippen LogP contribution in [0.15, 0.2) is 23.6 Å². The zero-order valence-electron chi connectivity index (χ0n) is 13.0. The number of nitrogens with one attached hydrogen (secondary N) is 1. The predicted octanol–water partition coefficient (Wildman–Crippen LogP) is 3.71. The molecule has 0 bridgehead atoms. The van der Waals surface area contributed by atoms with Gasteiger partial charge in [-0.1, -0.05) is 13.0 Å². The van der Waals surface area contributed by atoms with Gasteiger partial charge >= 0.3 is 0 Å². The van der Waals surface area contributed by atoms with Crippen LogP contribution < -0.4 is 14.8 Å². The van der Waals surface area contributed by atoms with Crippen molar-refractivity contribution in [1.29, 1.82) is 0 Å². The second-order valence-corrected chi connectivity index (χ2v) is 5.90. The van der Waals surface area contributed by atoms with Gasteiger partial charge in [-0.3, -0.25) is 0 Å². The first-order valence-electron chi connectivity index (χ1n) is 7.09. The van der Waals surface area contributed by atoms with Crippen LogP contribution in [0, 0.1) is 6.92 Å². The minimum Gasteiger partial charge on any atom is -0.493 e. The van der Waals surface area contributed by atoms with Crippen molar-refractivity contribution in [3.63, 3.8) is 0 Å². The molecule has 1 aromatic carbocycles. The van der Waals surface area contributed by atoms with Crippen molar-refractivity contribution in [3.05, 3.63) is 39.8 Å². The maximum absolute atomic E-state index is 5.82. The zero-order chi connectivity index (χ0) is 15.2. The minimum absolute atomic E-state index is 0.291. The number of nitrogens with zero attached hydrogens (tertiary/aromatic N) is 1. The van der Waals surface area contributed by atoms with E-state index in [1.165, 1.54) is 5.56 Å². The summed E-state index contributed by atoms with van der Waals surface area (Å²) in [5.74, 6) is 1.50. The molecule has 21 heavy (non-hydrogen) atoms. The molecule has 0 amide bonds. The number of hydrogen-bond donors (Lipinski definition) is 1. The Morgan fingerprint density at radius 1 is 1.33 bits per heavy atom. The lowest BCUT2D eigenvalue weighted by molar-refractivity contribution is 0.281. The number of thiazole rings is 1. The van der Waals surface area contributed by atoms with Crippen molar-refractivity contribution in [3.8, 4) is 11.5 Å². The Morgan fingerprint density at radius 3 is 2.76 bits per heavy atom. The average Bonchev–Trinajstić information content (AvgIpc) is 2.90. The third-order valence-electron chi connectivity index (χ3n) is 3.24. The van der Waals surface area contributed by atoms with Gasteiger partial charge in [0.1, 0.15) is 6.61 Å². The largest absolute Gasteiger partial charge is 0.493 e. The summed E-state index contributed by atoms with van der Waals surface area (Å²) >= 11 is 1.63. The molecule has 0 aliphatic carbocycles. The second kappa shape index (κ2) is 7.43. The quantitative estimate of drug-likeness (QED) is 0.847. The number of rotatable bonds is 7. The SMILES string of the molecule is CCNC(C)c1ccc(OCc2csc(C)n2)c(OC)c1. The molecular formula is C16H22N2O2S. The Hall–Kier alpha value is -1.59. The summed E-state index contributed by atoms with van der Waals surface area (Å²) in [6.45, 7) is 7.62. The van der Waals surface area contributed by atoms with Crippen LogP contribution in [0.3, 0.4) is 0 Å². The molecule has 0 spiro atoms. The number of aryl methyl sites for hydroxylation is 1. The molecule has 1 N–H and O–H groups in total. The standard InChI is InChI=1S/C16H22N2O2S/c1-5-17-11(2)13-6-7-15(16(8-13)19-4)20-9-14-10-21-12(3)18-14/h6-8,10-11,17H,5,9H2,1-4H3. The highest BCUT2D eigenvalue weighted by Crippen LogP contribution is 2.31. The van der Waals surface area contributed by atoms with Gasteiger partial charge < -0.3 is 14.8 Å². The molecule has 114 valence electrons. The highest BCUT2D eigenvalue weighted by Gasteiger charge is 2.10. The Balaban J connectivity index is 2.08. The molecule has 2 aromatic rings. The highest BCUT2D eigenvalue weighted by atomic mass is 32.1. The molecule has 1 heterocycles. The molecule has 5 heteroatoms. The summed E-state index contributed by atoms with van der Waals surface area (Å²) in [5.41, 5.74) is 2.13. The van der Waals surface area contributed by atoms with E-state index in [2.05, 4.69) is 30.2 Å². The molecule has 0 radical (unpaired) electrons. The molecule has 0 aliphatic rings. The van der Waals surface area contributed by atoms with E-state index < -0.39 is 0 Å². The summed E-state index contributed by atoms with van der Waals surface area (Å²) in [4.78, 5) is 4.39. The van der Waals surface area contributed by atoms with Gasteiger partial charge in [-0.15, -0.1) is 11.3 Å². The fraction of sp³-hybridized carbons (Fsp3) is 0.438. The van der Waals surface area contributed by atoms with Crippen LogP contribution in [0.2, 0.25) is 0 Å². The lowest BCUT2D eigenvalue weighted by Crippen LogP contribution is -2.17. The van der Waals surface area contributed by atoms with Crippen LogP contribution >= 0.6 is 11.3 Å². The van der Waals surface area contributed by atoms with E-state index in [0.717, 1.165) is 28.7 Å². The fourth-order valence-corrected chi connectivity index (χ4v) is 2.72. The summed E-state index contributed by atoms with van der Waals surface area (Å²) in [6.07, 6.45) is 0. The molecular weight excluding hydrogens is 284 g/mol. The zero-order valence-corrected chi connectivity index (χ0v) is 13.8. The smallest absolute Gasteiger partial charge is 0.161 e. The Morgan fingerprint density at radius 2 is 2.14 bits per heavy atom. The Bertz CT molecular complexity index is 583. The van der Waals surface area contributed by atoms with E-state index in [4.69, 9.17) is 9.47 Å². The fourth-order valence-electron chi connectivity index (χ4n) is 2.12. The van der Waals surface area contributed by atoms with Gasteiger partial charge in [0.15, 0.2) is 11.5 Å². The van der Waals surface area contributed by atoms with Crippen molar-refractivity contribution in [2.24, 2.45) is 0 Å². The van der Waals surface area contributed by atoms with Crippen LogP contribution in [-0.2, 0) is 6.61 Å². The molecule has 1 aromatic heterocycles. The van der Waals surface area contributed by atoms with Gasteiger partial charge in [0.2, 0.25) is 0 Å². The molecule has 2 rings (SSSR count). The number of aromatic nitrogens is 1. The van der Waals surface area contributed by atoms with E-state index in [9.17, 15) is 0 Å². The summed E-state index contributed by atoms with van der Waals surface area (Å²) in [6, 6.07) is 6.34. The first-order chi connectivity index (χ1) is 10.1.